The van der Waals surface area contributed by atoms with Crippen molar-refractivity contribution in [2.45, 2.75) is 0 Å². The molecule has 60 valence electrons. The van der Waals surface area contributed by atoms with Crippen LogP contribution in [0.2, 0.25) is 0 Å². The molecule has 9 N–H and O–H groups in total. The molecule has 0 aromatic carbocycles. The maximum Gasteiger partial charge on any atom is 0.00105 e. The highest BCUT2D eigenvalue weighted by Crippen LogP contribution is 1.37. The summed E-state index contributed by atoms with van der Waals surface area (Å²) in [6.45, 7) is 0. The van der Waals surface area contributed by atoms with E-state index in [1.807, 2.05) is 0 Å². The second-order valence-electron chi connectivity index (χ2n) is 1.25. The second-order valence-corrected chi connectivity index (χ2v) is 1.25. The number of nitrogens with one attached hydrogen (secondary N) is 1. The lowest BCUT2D eigenvalue weighted by molar-refractivity contribution is 0.432. The van der Waals surface area contributed by atoms with Crippen LogP contribution in [0.25, 0.3) is 0 Å². The molecule has 0 saturated heterocycles. The molecule has 0 aromatic heterocycles. The van der Waals surface area contributed by atoms with Crippen molar-refractivity contribution in [1.29, 1.82) is 0 Å². The summed E-state index contributed by atoms with van der Waals surface area (Å²) >= 11 is 0. The lowest BCUT2D eigenvalue weighted by Crippen LogP contribution is -2.18. The first-order chi connectivity index (χ1) is 4.15. The molecule has 0 atom stereocenters. The van der Waals surface area contributed by atoms with Gasteiger partial charge in [-0.3, -0.25) is 33.8 Å². The molecule has 0 rings (SSSR count). The Morgan fingerprint density at radius 2 is 1.22 bits per heavy atom. The van der Waals surface area contributed by atoms with E-state index in [-0.39, 0.29) is 0 Å². The first-order valence-corrected chi connectivity index (χ1v) is 2.27. The maximum atomic E-state index is 4.94. The van der Waals surface area contributed by atoms with Crippen molar-refractivity contribution in [1.82, 2.24) is 10.4 Å². The fraction of sp³-hybridized carbons (Fsp3) is 1.00. The smallest absolute Gasteiger partial charge is 0.00105 e. The van der Waals surface area contributed by atoms with Gasteiger partial charge in [0.05, 0.1) is 0 Å². The first kappa shape index (κ1) is 15.9. The number of rotatable bonds is 0. The van der Waals surface area contributed by atoms with Crippen LogP contribution in [-0.4, -0.2) is 26.2 Å². The summed E-state index contributed by atoms with van der Waals surface area (Å²) in [4.78, 5) is 0. The number of hydrazine groups is 3. The standard InChI is InChI=1S/C2H8N2.CH6N2.H4N2/c1-4(2)3;1-3-2;1-2/h3H2,1-2H3;3H,2H2,1H3;1-2H2. The van der Waals surface area contributed by atoms with Gasteiger partial charge in [0.15, 0.2) is 0 Å². The SMILES string of the molecule is CN(C)N.CNN.NN. The van der Waals surface area contributed by atoms with Gasteiger partial charge in [-0.25, -0.2) is 0 Å². The van der Waals surface area contributed by atoms with E-state index in [2.05, 4.69) is 23.0 Å². The zero-order chi connectivity index (χ0) is 8.28. The second kappa shape index (κ2) is 25.1. The molecule has 9 heavy (non-hydrogen) atoms. The molecule has 0 amide bonds. The Bertz CT molecular complexity index is 19.5. The van der Waals surface area contributed by atoms with Crippen LogP contribution < -0.4 is 28.8 Å². The molecule has 0 aliphatic rings. The van der Waals surface area contributed by atoms with E-state index in [0.29, 0.717) is 0 Å². The molecule has 0 spiro atoms. The maximum absolute atomic E-state index is 4.94. The van der Waals surface area contributed by atoms with E-state index in [9.17, 15) is 0 Å². The van der Waals surface area contributed by atoms with E-state index < -0.39 is 0 Å². The fourth-order valence-electron chi connectivity index (χ4n) is 0. The Kier molecular flexibility index (Phi) is 44.3. The summed E-state index contributed by atoms with van der Waals surface area (Å²) < 4.78 is 0. The highest BCUT2D eigenvalue weighted by Gasteiger charge is 1.57. The van der Waals surface area contributed by atoms with Gasteiger partial charge in [-0.1, -0.05) is 0 Å². The number of hydrogen-bond acceptors (Lipinski definition) is 6. The number of nitrogens with two attached hydrogens (primary N) is 4. The van der Waals surface area contributed by atoms with E-state index in [4.69, 9.17) is 5.84 Å². The van der Waals surface area contributed by atoms with Gasteiger partial charge < -0.3 is 0 Å². The van der Waals surface area contributed by atoms with Crippen LogP contribution >= 0.6 is 0 Å². The molecule has 0 saturated carbocycles. The molecule has 6 heteroatoms. The minimum Gasteiger partial charge on any atom is -0.274 e. The van der Waals surface area contributed by atoms with Crippen molar-refractivity contribution in [2.75, 3.05) is 21.1 Å². The summed E-state index contributed by atoms with van der Waals surface area (Å²) in [6.07, 6.45) is 0. The summed E-state index contributed by atoms with van der Waals surface area (Å²) in [5.41, 5.74) is 2.25. The van der Waals surface area contributed by atoms with Crippen LogP contribution in [0.1, 0.15) is 0 Å². The Morgan fingerprint density at radius 3 is 1.22 bits per heavy atom. The summed E-state index contributed by atoms with van der Waals surface area (Å²) in [7, 11) is 5.21. The third-order valence-corrected chi connectivity index (χ3v) is 0. The van der Waals surface area contributed by atoms with Gasteiger partial charge in [-0.15, -0.1) is 0 Å². The molecular formula is C3H18N6. The Morgan fingerprint density at radius 1 is 1.22 bits per heavy atom. The Hall–Kier alpha value is -0.240. The summed E-state index contributed by atoms with van der Waals surface area (Å²) in [5.74, 6) is 17.5. The highest BCUT2D eigenvalue weighted by molar-refractivity contribution is 4.01. The van der Waals surface area contributed by atoms with Crippen molar-refractivity contribution in [3.05, 3.63) is 0 Å². The van der Waals surface area contributed by atoms with Crippen LogP contribution in [0, 0.1) is 0 Å². The average Bonchev–Trinajstić information content (AvgIpc) is 1.71. The van der Waals surface area contributed by atoms with Crippen LogP contribution in [0.15, 0.2) is 0 Å². The largest absolute Gasteiger partial charge is 0.274 e. The normalized spacial score (nSPS) is 6.67. The lowest BCUT2D eigenvalue weighted by atomic mass is 11.2. The zero-order valence-corrected chi connectivity index (χ0v) is 6.26. The number of hydrogen-bond donors (Lipinski definition) is 5. The fourth-order valence-corrected chi connectivity index (χ4v) is 0. The van der Waals surface area contributed by atoms with E-state index in [1.54, 1.807) is 21.1 Å². The van der Waals surface area contributed by atoms with E-state index in [0.717, 1.165) is 0 Å². The zero-order valence-electron chi connectivity index (χ0n) is 6.26. The predicted octanol–water partition coefficient (Wildman–Crippen LogP) is -2.68. The van der Waals surface area contributed by atoms with Crippen molar-refractivity contribution >= 4 is 0 Å². The molecule has 6 nitrogen and oxygen atoms in total. The minimum atomic E-state index is 1.50. The topological polar surface area (TPSA) is 119 Å². The van der Waals surface area contributed by atoms with Crippen molar-refractivity contribution in [3.63, 3.8) is 0 Å². The molecule has 0 aromatic rings. The molecule has 0 fully saturated rings. The molecule has 0 radical (unpaired) electrons. The molecule has 0 aliphatic carbocycles. The predicted molar refractivity (Wildman–Crippen MR) is 39.5 cm³/mol. The van der Waals surface area contributed by atoms with Gasteiger partial charge in [0.2, 0.25) is 0 Å². The van der Waals surface area contributed by atoms with E-state index >= 15 is 0 Å². The van der Waals surface area contributed by atoms with Gasteiger partial charge in [0, 0.05) is 14.1 Å². The quantitative estimate of drug-likeness (QED) is 0.184. The third kappa shape index (κ3) is 4470. The molecule has 0 heterocycles. The van der Waals surface area contributed by atoms with Gasteiger partial charge in [0.25, 0.3) is 0 Å². The number of nitrogens with zero attached hydrogens (tertiary/aromatic N) is 1. The van der Waals surface area contributed by atoms with Gasteiger partial charge >= 0.3 is 0 Å². The Labute approximate surface area is 56.1 Å². The third-order valence-electron chi connectivity index (χ3n) is 0. The van der Waals surface area contributed by atoms with Crippen molar-refractivity contribution in [2.24, 2.45) is 23.4 Å². The highest BCUT2D eigenvalue weighted by atomic mass is 15.4. The van der Waals surface area contributed by atoms with Crippen LogP contribution in [0.4, 0.5) is 0 Å². The van der Waals surface area contributed by atoms with Gasteiger partial charge in [-0.05, 0) is 7.05 Å². The van der Waals surface area contributed by atoms with E-state index in [1.165, 1.54) is 5.01 Å². The van der Waals surface area contributed by atoms with Crippen LogP contribution in [0.3, 0.4) is 0 Å². The van der Waals surface area contributed by atoms with Crippen molar-refractivity contribution < 1.29 is 0 Å². The summed E-state index contributed by atoms with van der Waals surface area (Å²) in [6, 6.07) is 0. The van der Waals surface area contributed by atoms with Crippen LogP contribution in [-0.2, 0) is 0 Å². The Balaban J connectivity index is -0.0000000646. The van der Waals surface area contributed by atoms with Gasteiger partial charge in [-0.2, -0.15) is 0 Å². The summed E-state index contributed by atoms with van der Waals surface area (Å²) in [5, 5.41) is 1.50. The molecule has 0 unspecified atom stereocenters. The molecule has 0 bridgehead atoms. The monoisotopic (exact) mass is 138 g/mol. The minimum absolute atomic E-state index is 1.50. The molecule has 0 aliphatic heterocycles. The van der Waals surface area contributed by atoms with Gasteiger partial charge in [0.1, 0.15) is 0 Å². The average molecular weight is 138 g/mol. The molecular weight excluding hydrogens is 120 g/mol. The van der Waals surface area contributed by atoms with Crippen molar-refractivity contribution in [3.8, 4) is 0 Å². The lowest BCUT2D eigenvalue weighted by Gasteiger charge is -1.91. The van der Waals surface area contributed by atoms with Crippen LogP contribution in [0.5, 0.6) is 0 Å². The first-order valence-electron chi connectivity index (χ1n) is 2.27.